The average Bonchev–Trinajstić information content (AvgIpc) is 2.73. The van der Waals surface area contributed by atoms with Gasteiger partial charge in [0.2, 0.25) is 0 Å². The lowest BCUT2D eigenvalue weighted by Crippen LogP contribution is -1.90. The summed E-state index contributed by atoms with van der Waals surface area (Å²) in [5.74, 6) is 13.0. The van der Waals surface area contributed by atoms with E-state index in [-0.39, 0.29) is 0 Å². The van der Waals surface area contributed by atoms with E-state index < -0.39 is 0 Å². The van der Waals surface area contributed by atoms with Crippen LogP contribution in [0.1, 0.15) is 53.6 Å². The van der Waals surface area contributed by atoms with Gasteiger partial charge in [-0.3, -0.25) is 0 Å². The van der Waals surface area contributed by atoms with Gasteiger partial charge in [0.1, 0.15) is 0 Å². The topological polar surface area (TPSA) is 26.0 Å². The van der Waals surface area contributed by atoms with E-state index in [9.17, 15) is 0 Å². The maximum absolute atomic E-state index is 5.72. The summed E-state index contributed by atoms with van der Waals surface area (Å²) in [6, 6.07) is 22.4. The number of aryl methyl sites for hydroxylation is 2. The van der Waals surface area contributed by atoms with Crippen LogP contribution >= 0.6 is 0 Å². The Morgan fingerprint density at radius 2 is 1.25 bits per heavy atom. The number of anilines is 1. The fourth-order valence-corrected chi connectivity index (χ4v) is 2.98. The summed E-state index contributed by atoms with van der Waals surface area (Å²) in [5.41, 5.74) is 13.1. The van der Waals surface area contributed by atoms with E-state index in [1.807, 2.05) is 30.3 Å². The Morgan fingerprint density at radius 1 is 0.679 bits per heavy atom. The minimum absolute atomic E-state index is 0.752. The second-order valence-electron chi connectivity index (χ2n) is 6.79. The molecule has 0 spiro atoms. The average molecular weight is 364 g/mol. The van der Waals surface area contributed by atoms with Crippen LogP contribution in [0.25, 0.3) is 0 Å². The Bertz CT molecular complexity index is 1050. The maximum Gasteiger partial charge on any atom is 0.0314 e. The highest BCUT2D eigenvalue weighted by Crippen LogP contribution is 2.13. The first kappa shape index (κ1) is 19.3. The molecule has 1 heteroatoms. The molecular weight excluding hydrogens is 338 g/mol. The van der Waals surface area contributed by atoms with Crippen molar-refractivity contribution in [1.29, 1.82) is 0 Å². The van der Waals surface area contributed by atoms with Crippen LogP contribution in [0.2, 0.25) is 0 Å². The third-order valence-corrected chi connectivity index (χ3v) is 4.58. The van der Waals surface area contributed by atoms with Crippen LogP contribution in [0.15, 0.2) is 66.7 Å². The third-order valence-electron chi connectivity index (χ3n) is 4.58. The molecule has 3 aromatic rings. The van der Waals surface area contributed by atoms with Gasteiger partial charge in [0, 0.05) is 27.9 Å². The Kier molecular flexibility index (Phi) is 6.56. The second-order valence-corrected chi connectivity index (χ2v) is 6.79. The van der Waals surface area contributed by atoms with Crippen LogP contribution in [0.5, 0.6) is 0 Å². The normalized spacial score (nSPS) is 9.79. The van der Waals surface area contributed by atoms with Gasteiger partial charge < -0.3 is 5.73 Å². The number of rotatable bonds is 3. The summed E-state index contributed by atoms with van der Waals surface area (Å²) in [6.45, 7) is 4.35. The number of hydrogen-bond acceptors (Lipinski definition) is 1. The van der Waals surface area contributed by atoms with Crippen molar-refractivity contribution >= 4 is 5.69 Å². The highest BCUT2D eigenvalue weighted by atomic mass is 14.5. The van der Waals surface area contributed by atoms with Gasteiger partial charge in [-0.25, -0.2) is 0 Å². The summed E-state index contributed by atoms with van der Waals surface area (Å²) in [7, 11) is 0. The van der Waals surface area contributed by atoms with Crippen molar-refractivity contribution in [3.8, 4) is 23.7 Å². The summed E-state index contributed by atoms with van der Waals surface area (Å²) >= 11 is 0. The summed E-state index contributed by atoms with van der Waals surface area (Å²) in [6.07, 6.45) is 3.21. The molecule has 3 rings (SSSR count). The summed E-state index contributed by atoms with van der Waals surface area (Å²) in [4.78, 5) is 0. The quantitative estimate of drug-likeness (QED) is 0.477. The van der Waals surface area contributed by atoms with Crippen molar-refractivity contribution in [2.24, 2.45) is 0 Å². The first-order chi connectivity index (χ1) is 13.7. The lowest BCUT2D eigenvalue weighted by molar-refractivity contribution is 0.922. The molecule has 1 nitrogen and oxygen atoms in total. The molecule has 0 atom stereocenters. The highest BCUT2D eigenvalue weighted by molar-refractivity contribution is 5.52. The van der Waals surface area contributed by atoms with E-state index in [2.05, 4.69) is 73.9 Å². The zero-order valence-electron chi connectivity index (χ0n) is 16.5. The number of nitrogen functional groups attached to an aromatic ring is 1. The Labute approximate surface area is 168 Å². The van der Waals surface area contributed by atoms with Crippen LogP contribution in [-0.2, 0) is 12.8 Å². The van der Waals surface area contributed by atoms with Gasteiger partial charge in [-0.05, 0) is 78.6 Å². The highest BCUT2D eigenvalue weighted by Gasteiger charge is 1.99. The van der Waals surface area contributed by atoms with Crippen LogP contribution < -0.4 is 5.73 Å². The van der Waals surface area contributed by atoms with Gasteiger partial charge in [-0.1, -0.05) is 56.1 Å². The van der Waals surface area contributed by atoms with Crippen molar-refractivity contribution in [2.45, 2.75) is 33.1 Å². The molecule has 28 heavy (non-hydrogen) atoms. The van der Waals surface area contributed by atoms with Crippen molar-refractivity contribution in [3.05, 3.63) is 100 Å². The monoisotopic (exact) mass is 363 g/mol. The molecule has 0 aromatic heterocycles. The molecule has 0 saturated heterocycles. The van der Waals surface area contributed by atoms with E-state index in [1.54, 1.807) is 0 Å². The standard InChI is InChI=1S/C27H25N/c1-3-5-21-6-8-22(9-7-21)12-16-26-17-13-24(20-25(26)4-2)11-10-23-14-18-27(28)19-15-23/h6-9,13-15,17-20H,3-5,28H2,1-2H3. The number of benzene rings is 3. The second kappa shape index (κ2) is 9.50. The van der Waals surface area contributed by atoms with Gasteiger partial charge >= 0.3 is 0 Å². The van der Waals surface area contributed by atoms with E-state index in [4.69, 9.17) is 5.73 Å². The van der Waals surface area contributed by atoms with E-state index in [0.717, 1.165) is 40.8 Å². The van der Waals surface area contributed by atoms with Crippen LogP contribution in [0.3, 0.4) is 0 Å². The molecule has 0 amide bonds. The molecule has 138 valence electrons. The maximum atomic E-state index is 5.72. The predicted molar refractivity (Wildman–Crippen MR) is 119 cm³/mol. The Balaban J connectivity index is 1.79. The molecule has 2 N–H and O–H groups in total. The van der Waals surface area contributed by atoms with E-state index in [0.29, 0.717) is 0 Å². The fourth-order valence-electron chi connectivity index (χ4n) is 2.98. The summed E-state index contributed by atoms with van der Waals surface area (Å²) < 4.78 is 0. The smallest absolute Gasteiger partial charge is 0.0314 e. The minimum atomic E-state index is 0.752. The third kappa shape index (κ3) is 5.29. The Hall–Kier alpha value is -3.42. The zero-order chi connectivity index (χ0) is 19.8. The van der Waals surface area contributed by atoms with Crippen LogP contribution in [-0.4, -0.2) is 0 Å². The van der Waals surface area contributed by atoms with Gasteiger partial charge in [0.05, 0.1) is 0 Å². The van der Waals surface area contributed by atoms with Crippen molar-refractivity contribution in [1.82, 2.24) is 0 Å². The molecule has 0 aliphatic heterocycles. The van der Waals surface area contributed by atoms with Gasteiger partial charge in [-0.15, -0.1) is 0 Å². The molecule has 0 aliphatic carbocycles. The first-order valence-corrected chi connectivity index (χ1v) is 9.79. The molecular formula is C27H25N. The van der Waals surface area contributed by atoms with Gasteiger partial charge in [0.25, 0.3) is 0 Å². The number of hydrogen-bond donors (Lipinski definition) is 1. The van der Waals surface area contributed by atoms with Gasteiger partial charge in [0.15, 0.2) is 0 Å². The molecule has 0 heterocycles. The molecule has 0 unspecified atom stereocenters. The largest absolute Gasteiger partial charge is 0.399 e. The lowest BCUT2D eigenvalue weighted by Gasteiger charge is -2.02. The Morgan fingerprint density at radius 3 is 1.89 bits per heavy atom. The van der Waals surface area contributed by atoms with Crippen molar-refractivity contribution in [3.63, 3.8) is 0 Å². The number of nitrogens with two attached hydrogens (primary N) is 1. The van der Waals surface area contributed by atoms with E-state index >= 15 is 0 Å². The molecule has 0 bridgehead atoms. The predicted octanol–water partition coefficient (Wildman–Crippen LogP) is 5.58. The van der Waals surface area contributed by atoms with Crippen LogP contribution in [0.4, 0.5) is 5.69 Å². The van der Waals surface area contributed by atoms with Gasteiger partial charge in [-0.2, -0.15) is 0 Å². The molecule has 0 radical (unpaired) electrons. The van der Waals surface area contributed by atoms with Crippen LogP contribution in [0, 0.1) is 23.7 Å². The minimum Gasteiger partial charge on any atom is -0.399 e. The van der Waals surface area contributed by atoms with Crippen molar-refractivity contribution in [2.75, 3.05) is 5.73 Å². The lowest BCUT2D eigenvalue weighted by atomic mass is 10.0. The fraction of sp³-hybridized carbons (Fsp3) is 0.185. The molecule has 0 saturated carbocycles. The first-order valence-electron chi connectivity index (χ1n) is 9.79. The molecule has 3 aromatic carbocycles. The SMILES string of the molecule is CCCc1ccc(C#Cc2ccc(C#Cc3ccc(N)cc3)cc2CC)cc1. The molecule has 0 aliphatic rings. The van der Waals surface area contributed by atoms with Crippen molar-refractivity contribution < 1.29 is 0 Å². The molecule has 0 fully saturated rings. The van der Waals surface area contributed by atoms with E-state index in [1.165, 1.54) is 17.5 Å². The summed E-state index contributed by atoms with van der Waals surface area (Å²) in [5, 5.41) is 0. The zero-order valence-corrected chi connectivity index (χ0v) is 16.5.